The number of hydrogen-bond donors (Lipinski definition) is 1. The summed E-state index contributed by atoms with van der Waals surface area (Å²) in [6, 6.07) is 6.01. The second-order valence-electron chi connectivity index (χ2n) is 5.98. The fraction of sp³-hybridized carbons (Fsp3) is 0.333. The lowest BCUT2D eigenvalue weighted by molar-refractivity contribution is 0.165. The van der Waals surface area contributed by atoms with Gasteiger partial charge in [0.05, 0.1) is 24.7 Å². The number of hydrogen-bond acceptors (Lipinski definition) is 6. The summed E-state index contributed by atoms with van der Waals surface area (Å²) in [5.41, 5.74) is 3.83. The van der Waals surface area contributed by atoms with Crippen molar-refractivity contribution in [3.05, 3.63) is 35.7 Å². The van der Waals surface area contributed by atoms with Crippen molar-refractivity contribution in [1.82, 2.24) is 14.8 Å². The van der Waals surface area contributed by atoms with E-state index in [0.29, 0.717) is 31.3 Å². The van der Waals surface area contributed by atoms with Crippen molar-refractivity contribution in [2.45, 2.75) is 13.5 Å². The van der Waals surface area contributed by atoms with E-state index < -0.39 is 0 Å². The Labute approximate surface area is 145 Å². The van der Waals surface area contributed by atoms with Crippen molar-refractivity contribution < 1.29 is 14.2 Å². The number of aryl methyl sites for hydroxylation is 2. The molecule has 1 aliphatic heterocycles. The first-order valence-corrected chi connectivity index (χ1v) is 8.15. The van der Waals surface area contributed by atoms with Crippen molar-refractivity contribution in [3.8, 4) is 17.2 Å². The Kier molecular flexibility index (Phi) is 3.83. The predicted octanol–water partition coefficient (Wildman–Crippen LogP) is 2.67. The maximum atomic E-state index is 5.68. The van der Waals surface area contributed by atoms with Gasteiger partial charge in [-0.05, 0) is 30.7 Å². The van der Waals surface area contributed by atoms with E-state index in [4.69, 9.17) is 14.2 Å². The Hall–Kier alpha value is -2.96. The van der Waals surface area contributed by atoms with Crippen LogP contribution in [0.5, 0.6) is 17.2 Å². The Morgan fingerprint density at radius 1 is 1.24 bits per heavy atom. The molecule has 0 fully saturated rings. The van der Waals surface area contributed by atoms with E-state index in [1.54, 1.807) is 11.8 Å². The molecule has 1 aromatic carbocycles. The fourth-order valence-corrected chi connectivity index (χ4v) is 3.04. The van der Waals surface area contributed by atoms with Crippen molar-refractivity contribution in [3.63, 3.8) is 0 Å². The summed E-state index contributed by atoms with van der Waals surface area (Å²) in [6.07, 6.45) is 1.82. The summed E-state index contributed by atoms with van der Waals surface area (Å²) < 4.78 is 18.5. The van der Waals surface area contributed by atoms with E-state index in [1.165, 1.54) is 0 Å². The molecule has 3 aromatic rings. The van der Waals surface area contributed by atoms with E-state index in [2.05, 4.69) is 21.5 Å². The Morgan fingerprint density at radius 3 is 2.92 bits per heavy atom. The average molecular weight is 340 g/mol. The molecule has 0 amide bonds. The molecule has 4 rings (SSSR count). The van der Waals surface area contributed by atoms with Gasteiger partial charge >= 0.3 is 0 Å². The third kappa shape index (κ3) is 2.82. The van der Waals surface area contributed by atoms with E-state index >= 15 is 0 Å². The number of ether oxygens (including phenoxy) is 3. The van der Waals surface area contributed by atoms with Gasteiger partial charge in [0.1, 0.15) is 13.2 Å². The minimum atomic E-state index is 0.539. The van der Waals surface area contributed by atoms with Crippen LogP contribution in [0, 0.1) is 6.92 Å². The van der Waals surface area contributed by atoms with Crippen LogP contribution in [-0.4, -0.2) is 35.1 Å². The molecular weight excluding hydrogens is 320 g/mol. The number of nitrogens with zero attached hydrogens (tertiary/aromatic N) is 3. The van der Waals surface area contributed by atoms with Gasteiger partial charge < -0.3 is 19.5 Å². The average Bonchev–Trinajstić information content (AvgIpc) is 2.93. The third-order valence-corrected chi connectivity index (χ3v) is 4.25. The van der Waals surface area contributed by atoms with Crippen LogP contribution in [0.2, 0.25) is 0 Å². The molecule has 0 spiro atoms. The van der Waals surface area contributed by atoms with Gasteiger partial charge in [0.15, 0.2) is 17.1 Å². The number of methoxy groups -OCH3 is 1. The van der Waals surface area contributed by atoms with Crippen molar-refractivity contribution in [2.24, 2.45) is 7.05 Å². The molecule has 7 nitrogen and oxygen atoms in total. The molecule has 7 heteroatoms. The Bertz CT molecular complexity index is 918. The quantitative estimate of drug-likeness (QED) is 0.787. The Morgan fingerprint density at radius 2 is 2.08 bits per heavy atom. The van der Waals surface area contributed by atoms with Crippen LogP contribution < -0.4 is 19.5 Å². The van der Waals surface area contributed by atoms with Crippen molar-refractivity contribution in [1.29, 1.82) is 0 Å². The smallest absolute Gasteiger partial charge is 0.203 e. The highest BCUT2D eigenvalue weighted by Gasteiger charge is 2.18. The number of nitrogens with one attached hydrogen (secondary N) is 1. The molecule has 25 heavy (non-hydrogen) atoms. The van der Waals surface area contributed by atoms with Gasteiger partial charge in [0.25, 0.3) is 0 Å². The topological polar surface area (TPSA) is 70.4 Å². The normalized spacial score (nSPS) is 13.1. The summed E-state index contributed by atoms with van der Waals surface area (Å²) in [7, 11) is 3.53. The van der Waals surface area contributed by atoms with Gasteiger partial charge in [0, 0.05) is 19.0 Å². The van der Waals surface area contributed by atoms with Crippen LogP contribution in [-0.2, 0) is 13.6 Å². The minimum absolute atomic E-state index is 0.539. The number of aromatic nitrogens is 3. The molecule has 0 aliphatic carbocycles. The monoisotopic (exact) mass is 340 g/mol. The summed E-state index contributed by atoms with van der Waals surface area (Å²) in [4.78, 5) is 4.49. The second kappa shape index (κ2) is 6.16. The molecule has 3 heterocycles. The maximum absolute atomic E-state index is 5.68. The molecule has 1 aliphatic rings. The van der Waals surface area contributed by atoms with Crippen molar-refractivity contribution in [2.75, 3.05) is 25.6 Å². The fourth-order valence-electron chi connectivity index (χ4n) is 3.04. The molecular formula is C18H20N4O3. The molecule has 130 valence electrons. The molecule has 0 radical (unpaired) electrons. The van der Waals surface area contributed by atoms with E-state index in [-0.39, 0.29) is 0 Å². The molecule has 2 aromatic heterocycles. The summed E-state index contributed by atoms with van der Waals surface area (Å²) in [5, 5.41) is 8.84. The van der Waals surface area contributed by atoms with Gasteiger partial charge in [-0.1, -0.05) is 0 Å². The van der Waals surface area contributed by atoms with Crippen LogP contribution in [0.3, 0.4) is 0 Å². The third-order valence-electron chi connectivity index (χ3n) is 4.25. The zero-order chi connectivity index (χ0) is 17.4. The molecule has 1 N–H and O–H groups in total. The number of pyridine rings is 1. The largest absolute Gasteiger partial charge is 0.493 e. The standard InChI is InChI=1S/C18H20N4O3/c1-11-14-8-13(10-20-18(14)22(2)21-11)19-9-12-6-15(23-3)17-16(7-12)24-4-5-25-17/h6-8,10,19H,4-5,9H2,1-3H3. The molecule has 0 unspecified atom stereocenters. The van der Waals surface area contributed by atoms with E-state index in [0.717, 1.165) is 33.7 Å². The lowest BCUT2D eigenvalue weighted by atomic mass is 10.1. The van der Waals surface area contributed by atoms with E-state index in [9.17, 15) is 0 Å². The highest BCUT2D eigenvalue weighted by atomic mass is 16.6. The number of rotatable bonds is 4. The number of benzene rings is 1. The lowest BCUT2D eigenvalue weighted by Crippen LogP contribution is -2.16. The maximum Gasteiger partial charge on any atom is 0.203 e. The van der Waals surface area contributed by atoms with Gasteiger partial charge in [-0.2, -0.15) is 5.10 Å². The van der Waals surface area contributed by atoms with Gasteiger partial charge in [-0.15, -0.1) is 0 Å². The van der Waals surface area contributed by atoms with Crippen molar-refractivity contribution >= 4 is 16.7 Å². The van der Waals surface area contributed by atoms with Crippen LogP contribution in [0.1, 0.15) is 11.3 Å². The van der Waals surface area contributed by atoms with Crippen LogP contribution in [0.4, 0.5) is 5.69 Å². The van der Waals surface area contributed by atoms with Crippen LogP contribution in [0.25, 0.3) is 11.0 Å². The first-order chi connectivity index (χ1) is 12.2. The minimum Gasteiger partial charge on any atom is -0.493 e. The van der Waals surface area contributed by atoms with Crippen LogP contribution >= 0.6 is 0 Å². The van der Waals surface area contributed by atoms with Gasteiger partial charge in [-0.25, -0.2) is 4.98 Å². The molecule has 0 saturated heterocycles. The zero-order valence-corrected chi connectivity index (χ0v) is 14.5. The summed E-state index contributed by atoms with van der Waals surface area (Å²) in [6.45, 7) is 3.70. The summed E-state index contributed by atoms with van der Waals surface area (Å²) >= 11 is 0. The van der Waals surface area contributed by atoms with E-state index in [1.807, 2.05) is 32.3 Å². The second-order valence-corrected chi connectivity index (χ2v) is 5.98. The highest BCUT2D eigenvalue weighted by Crippen LogP contribution is 2.40. The number of fused-ring (bicyclic) bond motifs is 2. The Balaban J connectivity index is 1.58. The van der Waals surface area contributed by atoms with Crippen LogP contribution in [0.15, 0.2) is 24.4 Å². The van der Waals surface area contributed by atoms with Gasteiger partial charge in [0.2, 0.25) is 5.75 Å². The lowest BCUT2D eigenvalue weighted by Gasteiger charge is -2.21. The zero-order valence-electron chi connectivity index (χ0n) is 14.5. The first-order valence-electron chi connectivity index (χ1n) is 8.15. The predicted molar refractivity (Wildman–Crippen MR) is 94.6 cm³/mol. The molecule has 0 bridgehead atoms. The molecule has 0 atom stereocenters. The number of anilines is 1. The first kappa shape index (κ1) is 15.6. The highest BCUT2D eigenvalue weighted by molar-refractivity contribution is 5.81. The van der Waals surface area contributed by atoms with Gasteiger partial charge in [-0.3, -0.25) is 4.68 Å². The molecule has 0 saturated carbocycles. The summed E-state index contributed by atoms with van der Waals surface area (Å²) in [5.74, 6) is 2.08. The SMILES string of the molecule is COc1cc(CNc2cnc3c(c2)c(C)nn3C)cc2c1OCCO2.